The predicted molar refractivity (Wildman–Crippen MR) is 82.4 cm³/mol. The van der Waals surface area contributed by atoms with Crippen molar-refractivity contribution in [2.75, 3.05) is 38.5 Å². The maximum Gasteiger partial charge on any atom is 0.0116 e. The van der Waals surface area contributed by atoms with Gasteiger partial charge in [-0.1, -0.05) is 20.8 Å². The van der Waals surface area contributed by atoms with Crippen molar-refractivity contribution in [2.24, 2.45) is 5.41 Å². The lowest BCUT2D eigenvalue weighted by Gasteiger charge is -2.40. The van der Waals surface area contributed by atoms with Gasteiger partial charge in [0, 0.05) is 23.6 Å². The Morgan fingerprint density at radius 1 is 1.11 bits per heavy atom. The molecular formula is C15H30N2S. The van der Waals surface area contributed by atoms with Crippen LogP contribution in [0.1, 0.15) is 46.5 Å². The monoisotopic (exact) mass is 270 g/mol. The van der Waals surface area contributed by atoms with Crippen molar-refractivity contribution in [3.63, 3.8) is 0 Å². The summed E-state index contributed by atoms with van der Waals surface area (Å²) in [5, 5.41) is 3.51. The Morgan fingerprint density at radius 3 is 2.50 bits per heavy atom. The van der Waals surface area contributed by atoms with Gasteiger partial charge in [0.2, 0.25) is 0 Å². The molecule has 0 aromatic rings. The van der Waals surface area contributed by atoms with E-state index in [1.807, 2.05) is 0 Å². The van der Waals surface area contributed by atoms with Crippen LogP contribution in [0.4, 0.5) is 0 Å². The van der Waals surface area contributed by atoms with Crippen LogP contribution in [0.3, 0.4) is 0 Å². The Hall–Kier alpha value is 0.270. The lowest BCUT2D eigenvalue weighted by molar-refractivity contribution is 0.110. The minimum absolute atomic E-state index is 0.488. The van der Waals surface area contributed by atoms with Gasteiger partial charge >= 0.3 is 0 Å². The van der Waals surface area contributed by atoms with Crippen LogP contribution in [0, 0.1) is 5.41 Å². The highest BCUT2D eigenvalue weighted by Crippen LogP contribution is 2.36. The summed E-state index contributed by atoms with van der Waals surface area (Å²) in [4.78, 5) is 2.75. The van der Waals surface area contributed by atoms with E-state index in [1.54, 1.807) is 0 Å². The van der Waals surface area contributed by atoms with Crippen LogP contribution < -0.4 is 5.32 Å². The molecule has 2 aliphatic rings. The van der Waals surface area contributed by atoms with E-state index in [-0.39, 0.29) is 0 Å². The number of hydrogen-bond acceptors (Lipinski definition) is 3. The van der Waals surface area contributed by atoms with E-state index in [0.717, 1.165) is 0 Å². The Balaban J connectivity index is 1.91. The van der Waals surface area contributed by atoms with Crippen molar-refractivity contribution in [1.82, 2.24) is 10.2 Å². The van der Waals surface area contributed by atoms with Gasteiger partial charge in [0.1, 0.15) is 0 Å². The van der Waals surface area contributed by atoms with Crippen LogP contribution in [-0.2, 0) is 0 Å². The Morgan fingerprint density at radius 2 is 1.83 bits per heavy atom. The number of hydrogen-bond donors (Lipinski definition) is 1. The average Bonchev–Trinajstić information content (AvgIpc) is 2.52. The van der Waals surface area contributed by atoms with E-state index in [1.165, 1.54) is 64.2 Å². The second-order valence-electron chi connectivity index (χ2n) is 6.74. The maximum atomic E-state index is 3.51. The summed E-state index contributed by atoms with van der Waals surface area (Å²) in [6.45, 7) is 13.6. The quantitative estimate of drug-likeness (QED) is 0.849. The van der Waals surface area contributed by atoms with Crippen molar-refractivity contribution in [3.05, 3.63) is 0 Å². The van der Waals surface area contributed by atoms with Gasteiger partial charge in [0.05, 0.1) is 0 Å². The van der Waals surface area contributed by atoms with Gasteiger partial charge in [-0.2, -0.15) is 11.8 Å². The molecule has 3 heteroatoms. The van der Waals surface area contributed by atoms with Crippen molar-refractivity contribution in [2.45, 2.75) is 51.2 Å². The Kier molecular flexibility index (Phi) is 5.01. The van der Waals surface area contributed by atoms with Crippen molar-refractivity contribution in [3.8, 4) is 0 Å². The van der Waals surface area contributed by atoms with Crippen LogP contribution in [0.15, 0.2) is 0 Å². The highest BCUT2D eigenvalue weighted by molar-refractivity contribution is 8.00. The third-order valence-electron chi connectivity index (χ3n) is 4.90. The maximum absolute atomic E-state index is 3.51. The van der Waals surface area contributed by atoms with Crippen molar-refractivity contribution < 1.29 is 0 Å². The molecule has 0 atom stereocenters. The first-order valence-electron chi connectivity index (χ1n) is 7.62. The van der Waals surface area contributed by atoms with Crippen molar-refractivity contribution in [1.29, 1.82) is 0 Å². The van der Waals surface area contributed by atoms with Gasteiger partial charge in [-0.3, -0.25) is 0 Å². The fraction of sp³-hybridized carbons (Fsp3) is 1.00. The lowest BCUT2D eigenvalue weighted by atomic mass is 9.76. The van der Waals surface area contributed by atoms with Crippen LogP contribution in [0.5, 0.6) is 0 Å². The summed E-state index contributed by atoms with van der Waals surface area (Å²) in [5.74, 6) is 1.31. The normalized spacial score (nSPS) is 28.8. The summed E-state index contributed by atoms with van der Waals surface area (Å²) in [5.41, 5.74) is 0.602. The van der Waals surface area contributed by atoms with Gasteiger partial charge in [0.25, 0.3) is 0 Å². The highest BCUT2D eigenvalue weighted by Gasteiger charge is 2.33. The van der Waals surface area contributed by atoms with Gasteiger partial charge in [0.15, 0.2) is 0 Å². The van der Waals surface area contributed by atoms with Gasteiger partial charge < -0.3 is 10.2 Å². The average molecular weight is 270 g/mol. The molecule has 2 rings (SSSR count). The fourth-order valence-corrected chi connectivity index (χ4v) is 4.41. The minimum Gasteiger partial charge on any atom is -0.317 e. The van der Waals surface area contributed by atoms with E-state index in [9.17, 15) is 0 Å². The molecule has 0 unspecified atom stereocenters. The van der Waals surface area contributed by atoms with Crippen LogP contribution >= 0.6 is 11.8 Å². The SMILES string of the molecule is CCC1(CN2CCSC(C)(C)CC2)CCNCC1. The number of thioether (sulfide) groups is 1. The molecule has 0 aromatic heterocycles. The van der Waals surface area contributed by atoms with E-state index in [0.29, 0.717) is 10.2 Å². The fourth-order valence-electron chi connectivity index (χ4n) is 3.28. The molecular weight excluding hydrogens is 240 g/mol. The third-order valence-corrected chi connectivity index (χ3v) is 6.28. The Labute approximate surface area is 117 Å². The second kappa shape index (κ2) is 6.15. The lowest BCUT2D eigenvalue weighted by Crippen LogP contribution is -2.45. The highest BCUT2D eigenvalue weighted by atomic mass is 32.2. The van der Waals surface area contributed by atoms with Crippen LogP contribution in [0.25, 0.3) is 0 Å². The summed E-state index contributed by atoms with van der Waals surface area (Å²) in [6, 6.07) is 0. The minimum atomic E-state index is 0.488. The van der Waals surface area contributed by atoms with E-state index in [4.69, 9.17) is 0 Å². The zero-order valence-electron chi connectivity index (χ0n) is 12.4. The van der Waals surface area contributed by atoms with E-state index >= 15 is 0 Å². The van der Waals surface area contributed by atoms with E-state index < -0.39 is 0 Å². The molecule has 106 valence electrons. The molecule has 0 spiro atoms. The molecule has 0 bridgehead atoms. The third kappa shape index (κ3) is 3.88. The molecule has 0 saturated carbocycles. The molecule has 2 nitrogen and oxygen atoms in total. The zero-order chi connectivity index (χ0) is 13.1. The molecule has 0 aromatic carbocycles. The summed E-state index contributed by atoms with van der Waals surface area (Å²) in [7, 11) is 0. The number of rotatable bonds is 3. The number of piperidine rings is 1. The molecule has 2 aliphatic heterocycles. The zero-order valence-corrected chi connectivity index (χ0v) is 13.2. The number of nitrogens with one attached hydrogen (secondary N) is 1. The largest absolute Gasteiger partial charge is 0.317 e. The molecule has 2 heterocycles. The van der Waals surface area contributed by atoms with Crippen LogP contribution in [0.2, 0.25) is 0 Å². The van der Waals surface area contributed by atoms with Gasteiger partial charge in [-0.25, -0.2) is 0 Å². The molecule has 0 amide bonds. The molecule has 0 radical (unpaired) electrons. The molecule has 2 fully saturated rings. The molecule has 1 N–H and O–H groups in total. The number of nitrogens with zero attached hydrogens (tertiary/aromatic N) is 1. The Bertz CT molecular complexity index is 259. The second-order valence-corrected chi connectivity index (χ2v) is 8.54. The summed E-state index contributed by atoms with van der Waals surface area (Å²) < 4.78 is 0.488. The smallest absolute Gasteiger partial charge is 0.0116 e. The first-order valence-corrected chi connectivity index (χ1v) is 8.61. The molecule has 2 saturated heterocycles. The first-order chi connectivity index (χ1) is 8.55. The topological polar surface area (TPSA) is 15.3 Å². The van der Waals surface area contributed by atoms with Gasteiger partial charge in [-0.15, -0.1) is 0 Å². The first kappa shape index (κ1) is 14.7. The van der Waals surface area contributed by atoms with E-state index in [2.05, 4.69) is 42.7 Å². The van der Waals surface area contributed by atoms with Gasteiger partial charge in [-0.05, 0) is 50.7 Å². The summed E-state index contributed by atoms with van der Waals surface area (Å²) >= 11 is 2.16. The standard InChI is InChI=1S/C15H30N2S/c1-4-15(5-8-16-9-6-15)13-17-10-7-14(2,3)18-12-11-17/h16H,4-13H2,1-3H3. The summed E-state index contributed by atoms with van der Waals surface area (Å²) in [6.07, 6.45) is 5.44. The van der Waals surface area contributed by atoms with Crippen LogP contribution in [-0.4, -0.2) is 48.1 Å². The molecule has 0 aliphatic carbocycles. The van der Waals surface area contributed by atoms with Crippen molar-refractivity contribution >= 4 is 11.8 Å². The predicted octanol–water partition coefficient (Wildman–Crippen LogP) is 2.98. The molecule has 18 heavy (non-hydrogen) atoms.